The van der Waals surface area contributed by atoms with Gasteiger partial charge in [0, 0.05) is 13.2 Å². The van der Waals surface area contributed by atoms with E-state index < -0.39 is 12.2 Å². The van der Waals surface area contributed by atoms with Gasteiger partial charge in [-0.25, -0.2) is 0 Å². The van der Waals surface area contributed by atoms with E-state index in [0.717, 1.165) is 12.8 Å². The Morgan fingerprint density at radius 2 is 0.656 bits per heavy atom. The average Bonchev–Trinajstić information content (AvgIpc) is 2.80. The standard InChI is InChI=1S/C28H58O4/c1-3-5-7-9-11-13-15-17-19-21-23-31-25-27(29)28(30)26-32-24-22-20-18-16-14-12-10-8-6-4-2/h27-30H,3-26H2,1-2H3/t27-,28-/m0/s1. The predicted octanol–water partition coefficient (Wildman–Crippen LogP) is 7.58. The van der Waals surface area contributed by atoms with Crippen molar-refractivity contribution in [3.8, 4) is 0 Å². The van der Waals surface area contributed by atoms with Crippen LogP contribution in [0.5, 0.6) is 0 Å². The normalized spacial score (nSPS) is 13.5. The Kier molecular flexibility index (Phi) is 27.0. The molecule has 0 bridgehead atoms. The van der Waals surface area contributed by atoms with Crippen molar-refractivity contribution in [3.05, 3.63) is 0 Å². The first-order valence-electron chi connectivity index (χ1n) is 14.2. The number of aliphatic hydroxyl groups is 2. The highest BCUT2D eigenvalue weighted by Gasteiger charge is 2.16. The van der Waals surface area contributed by atoms with Gasteiger partial charge in [-0.15, -0.1) is 0 Å². The molecule has 0 rings (SSSR count). The molecule has 2 atom stereocenters. The van der Waals surface area contributed by atoms with Crippen LogP contribution in [-0.2, 0) is 9.47 Å². The van der Waals surface area contributed by atoms with Crippen LogP contribution in [0, 0.1) is 0 Å². The van der Waals surface area contributed by atoms with Gasteiger partial charge >= 0.3 is 0 Å². The fourth-order valence-corrected chi connectivity index (χ4v) is 4.01. The summed E-state index contributed by atoms with van der Waals surface area (Å²) in [5, 5.41) is 20.0. The van der Waals surface area contributed by atoms with Crippen LogP contribution in [0.2, 0.25) is 0 Å². The lowest BCUT2D eigenvalue weighted by molar-refractivity contribution is -0.0711. The van der Waals surface area contributed by atoms with E-state index in [4.69, 9.17) is 9.47 Å². The lowest BCUT2D eigenvalue weighted by Gasteiger charge is -2.18. The fraction of sp³-hybridized carbons (Fsp3) is 1.00. The molecule has 0 saturated carbocycles. The molecule has 0 radical (unpaired) electrons. The van der Waals surface area contributed by atoms with Crippen molar-refractivity contribution < 1.29 is 19.7 Å². The molecule has 4 heteroatoms. The van der Waals surface area contributed by atoms with E-state index >= 15 is 0 Å². The third kappa shape index (κ3) is 24.5. The molecule has 4 nitrogen and oxygen atoms in total. The molecule has 0 unspecified atom stereocenters. The first kappa shape index (κ1) is 31.8. The Morgan fingerprint density at radius 3 is 0.938 bits per heavy atom. The smallest absolute Gasteiger partial charge is 0.105 e. The molecule has 194 valence electrons. The topological polar surface area (TPSA) is 58.9 Å². The van der Waals surface area contributed by atoms with Crippen LogP contribution >= 0.6 is 0 Å². The Bertz CT molecular complexity index is 305. The Balaban J connectivity index is 3.28. The zero-order valence-corrected chi connectivity index (χ0v) is 21.8. The van der Waals surface area contributed by atoms with Gasteiger partial charge in [0.05, 0.1) is 13.2 Å². The molecule has 0 aliphatic carbocycles. The van der Waals surface area contributed by atoms with E-state index in [1.807, 2.05) is 0 Å². The van der Waals surface area contributed by atoms with Gasteiger partial charge in [0.1, 0.15) is 12.2 Å². The molecule has 0 aromatic carbocycles. The molecule has 2 N–H and O–H groups in total. The molecule has 0 aliphatic rings. The van der Waals surface area contributed by atoms with Crippen molar-refractivity contribution in [1.29, 1.82) is 0 Å². The zero-order valence-electron chi connectivity index (χ0n) is 21.8. The number of aliphatic hydroxyl groups excluding tert-OH is 2. The number of ether oxygens (including phenoxy) is 2. The summed E-state index contributed by atoms with van der Waals surface area (Å²) in [5.41, 5.74) is 0. The van der Waals surface area contributed by atoms with Crippen LogP contribution in [0.4, 0.5) is 0 Å². The monoisotopic (exact) mass is 458 g/mol. The van der Waals surface area contributed by atoms with Crippen LogP contribution in [0.25, 0.3) is 0 Å². The van der Waals surface area contributed by atoms with Gasteiger partial charge in [-0.05, 0) is 12.8 Å². The number of rotatable bonds is 27. The van der Waals surface area contributed by atoms with Crippen molar-refractivity contribution in [2.75, 3.05) is 26.4 Å². The predicted molar refractivity (Wildman–Crippen MR) is 137 cm³/mol. The van der Waals surface area contributed by atoms with Crippen LogP contribution in [0.1, 0.15) is 142 Å². The third-order valence-corrected chi connectivity index (χ3v) is 6.31. The van der Waals surface area contributed by atoms with E-state index in [1.54, 1.807) is 0 Å². The van der Waals surface area contributed by atoms with Crippen LogP contribution in [0.15, 0.2) is 0 Å². The quantitative estimate of drug-likeness (QED) is 0.125. The van der Waals surface area contributed by atoms with Crippen molar-refractivity contribution >= 4 is 0 Å². The Labute approximate surface area is 200 Å². The number of hydrogen-bond acceptors (Lipinski definition) is 4. The molecule has 0 aromatic rings. The van der Waals surface area contributed by atoms with Crippen LogP contribution in [0.3, 0.4) is 0 Å². The SMILES string of the molecule is CCCCCCCCCCCCOC[C@H](O)[C@@H](O)COCCCCCCCCCCCC. The summed E-state index contributed by atoms with van der Waals surface area (Å²) in [7, 11) is 0. The lowest BCUT2D eigenvalue weighted by atomic mass is 10.1. The van der Waals surface area contributed by atoms with Crippen molar-refractivity contribution in [1.82, 2.24) is 0 Å². The van der Waals surface area contributed by atoms with Gasteiger partial charge in [-0.3, -0.25) is 0 Å². The lowest BCUT2D eigenvalue weighted by Crippen LogP contribution is -2.34. The molecule has 0 aromatic heterocycles. The summed E-state index contributed by atoms with van der Waals surface area (Å²) in [6.07, 6.45) is 24.4. The van der Waals surface area contributed by atoms with Crippen molar-refractivity contribution in [3.63, 3.8) is 0 Å². The van der Waals surface area contributed by atoms with Crippen LogP contribution < -0.4 is 0 Å². The molecule has 0 saturated heterocycles. The maximum atomic E-state index is 10.0. The van der Waals surface area contributed by atoms with Crippen molar-refractivity contribution in [2.24, 2.45) is 0 Å². The summed E-state index contributed by atoms with van der Waals surface area (Å²) < 4.78 is 11.1. The second-order valence-corrected chi connectivity index (χ2v) is 9.65. The molecule has 0 aliphatic heterocycles. The highest BCUT2D eigenvalue weighted by Crippen LogP contribution is 2.12. The van der Waals surface area contributed by atoms with E-state index in [0.29, 0.717) is 13.2 Å². The highest BCUT2D eigenvalue weighted by atomic mass is 16.5. The fourth-order valence-electron chi connectivity index (χ4n) is 4.01. The summed E-state index contributed by atoms with van der Waals surface area (Å²) >= 11 is 0. The van der Waals surface area contributed by atoms with E-state index in [1.165, 1.54) is 116 Å². The van der Waals surface area contributed by atoms with E-state index in [2.05, 4.69) is 13.8 Å². The van der Waals surface area contributed by atoms with Gasteiger partial charge in [0.25, 0.3) is 0 Å². The summed E-state index contributed by atoms with van der Waals surface area (Å²) in [6, 6.07) is 0. The Morgan fingerprint density at radius 1 is 0.406 bits per heavy atom. The zero-order chi connectivity index (χ0) is 23.5. The van der Waals surface area contributed by atoms with E-state index in [9.17, 15) is 10.2 Å². The second kappa shape index (κ2) is 27.1. The van der Waals surface area contributed by atoms with Gasteiger partial charge in [-0.1, -0.05) is 129 Å². The van der Waals surface area contributed by atoms with Gasteiger partial charge < -0.3 is 19.7 Å². The van der Waals surface area contributed by atoms with Gasteiger partial charge in [0.2, 0.25) is 0 Å². The average molecular weight is 459 g/mol. The maximum absolute atomic E-state index is 10.0. The summed E-state index contributed by atoms with van der Waals surface area (Å²) in [6.45, 7) is 6.24. The van der Waals surface area contributed by atoms with Crippen molar-refractivity contribution in [2.45, 2.75) is 154 Å². The van der Waals surface area contributed by atoms with E-state index in [-0.39, 0.29) is 13.2 Å². The summed E-state index contributed by atoms with van der Waals surface area (Å²) in [5.74, 6) is 0. The molecule has 0 spiro atoms. The van der Waals surface area contributed by atoms with Crippen LogP contribution in [-0.4, -0.2) is 48.8 Å². The third-order valence-electron chi connectivity index (χ3n) is 6.31. The maximum Gasteiger partial charge on any atom is 0.105 e. The first-order chi connectivity index (χ1) is 15.7. The molecule has 0 amide bonds. The summed E-state index contributed by atoms with van der Waals surface area (Å²) in [4.78, 5) is 0. The molecule has 0 heterocycles. The highest BCUT2D eigenvalue weighted by molar-refractivity contribution is 4.65. The minimum Gasteiger partial charge on any atom is -0.388 e. The molecular weight excluding hydrogens is 400 g/mol. The number of unbranched alkanes of at least 4 members (excludes halogenated alkanes) is 18. The molecular formula is C28H58O4. The second-order valence-electron chi connectivity index (χ2n) is 9.65. The first-order valence-corrected chi connectivity index (χ1v) is 14.2. The van der Waals surface area contributed by atoms with Gasteiger partial charge in [0.15, 0.2) is 0 Å². The molecule has 0 fully saturated rings. The largest absolute Gasteiger partial charge is 0.388 e. The minimum atomic E-state index is -0.856. The minimum absolute atomic E-state index is 0.195. The number of hydrogen-bond donors (Lipinski definition) is 2. The van der Waals surface area contributed by atoms with Gasteiger partial charge in [-0.2, -0.15) is 0 Å². The molecule has 32 heavy (non-hydrogen) atoms. The Hall–Kier alpha value is -0.160.